The Morgan fingerprint density at radius 3 is 2.46 bits per heavy atom. The summed E-state index contributed by atoms with van der Waals surface area (Å²) in [7, 11) is 3.35. The van der Waals surface area contributed by atoms with E-state index in [1.165, 1.54) is 0 Å². The van der Waals surface area contributed by atoms with Crippen molar-refractivity contribution in [2.75, 3.05) is 20.7 Å². The fourth-order valence-electron chi connectivity index (χ4n) is 2.33. The molecule has 0 bridgehead atoms. The van der Waals surface area contributed by atoms with E-state index in [-0.39, 0.29) is 35.5 Å². The highest BCUT2D eigenvalue weighted by atomic mass is 127. The number of nitrogens with zero attached hydrogens (tertiary/aromatic N) is 2. The zero-order valence-corrected chi connectivity index (χ0v) is 19.7. The molecule has 1 unspecified atom stereocenters. The minimum atomic E-state index is -0.0749. The number of hydrogen-bond donors (Lipinski definition) is 2. The Kier molecular flexibility index (Phi) is 9.57. The number of hydrogen-bond acceptors (Lipinski definition) is 5. The van der Waals surface area contributed by atoms with E-state index in [2.05, 4.69) is 41.4 Å². The van der Waals surface area contributed by atoms with Crippen LogP contribution in [0.25, 0.3) is 0 Å². The van der Waals surface area contributed by atoms with Gasteiger partial charge in [-0.25, -0.2) is 4.98 Å². The van der Waals surface area contributed by atoms with Gasteiger partial charge in [0.15, 0.2) is 17.5 Å². The van der Waals surface area contributed by atoms with E-state index >= 15 is 0 Å². The smallest absolute Gasteiger partial charge is 0.213 e. The van der Waals surface area contributed by atoms with Gasteiger partial charge in [-0.15, -0.1) is 24.0 Å². The second kappa shape index (κ2) is 11.1. The number of methoxy groups -OCH3 is 1. The highest BCUT2D eigenvalue weighted by Gasteiger charge is 2.19. The molecule has 0 aliphatic heterocycles. The maximum Gasteiger partial charge on any atom is 0.213 e. The van der Waals surface area contributed by atoms with E-state index in [0.29, 0.717) is 36.4 Å². The molecule has 28 heavy (non-hydrogen) atoms. The van der Waals surface area contributed by atoms with Crippen molar-refractivity contribution >= 4 is 29.9 Å². The van der Waals surface area contributed by atoms with Crippen LogP contribution >= 0.6 is 24.0 Å². The van der Waals surface area contributed by atoms with Gasteiger partial charge in [0.25, 0.3) is 0 Å². The summed E-state index contributed by atoms with van der Waals surface area (Å²) in [4.78, 5) is 8.52. The van der Waals surface area contributed by atoms with Gasteiger partial charge in [0.1, 0.15) is 11.9 Å². The summed E-state index contributed by atoms with van der Waals surface area (Å²) in [5, 5.41) is 6.43. The lowest BCUT2D eigenvalue weighted by molar-refractivity contribution is 0.213. The van der Waals surface area contributed by atoms with E-state index in [1.54, 1.807) is 20.4 Å². The second-order valence-corrected chi connectivity index (χ2v) is 7.25. The molecule has 1 aromatic heterocycles. The number of oxazole rings is 1. The highest BCUT2D eigenvalue weighted by molar-refractivity contribution is 14.0. The van der Waals surface area contributed by atoms with Crippen LogP contribution in [0.2, 0.25) is 0 Å². The average molecular weight is 502 g/mol. The summed E-state index contributed by atoms with van der Waals surface area (Å²) in [6, 6.07) is 7.59. The molecule has 0 radical (unpaired) electrons. The molecule has 0 fully saturated rings. The molecule has 8 heteroatoms. The SMILES string of the molecule is CN=C(NCc1ncc(C(C)(C)C)o1)NCC(C)Oc1ccccc1OC.I. The summed E-state index contributed by atoms with van der Waals surface area (Å²) >= 11 is 0. The molecule has 156 valence electrons. The van der Waals surface area contributed by atoms with Gasteiger partial charge in [-0.05, 0) is 19.1 Å². The predicted octanol–water partition coefficient (Wildman–Crippen LogP) is 3.73. The van der Waals surface area contributed by atoms with Gasteiger partial charge in [0.05, 0.1) is 26.4 Å². The molecule has 2 N–H and O–H groups in total. The van der Waals surface area contributed by atoms with Crippen molar-refractivity contribution in [2.45, 2.75) is 45.8 Å². The molecule has 0 amide bonds. The number of nitrogens with one attached hydrogen (secondary N) is 2. The van der Waals surface area contributed by atoms with Gasteiger partial charge in [0, 0.05) is 12.5 Å². The van der Waals surface area contributed by atoms with Crippen molar-refractivity contribution in [3.05, 3.63) is 42.1 Å². The predicted molar refractivity (Wildman–Crippen MR) is 122 cm³/mol. The number of halogens is 1. The lowest BCUT2D eigenvalue weighted by atomic mass is 9.94. The Morgan fingerprint density at radius 2 is 1.89 bits per heavy atom. The Hall–Kier alpha value is -1.97. The van der Waals surface area contributed by atoms with Crippen LogP contribution in [0.15, 0.2) is 39.9 Å². The topological polar surface area (TPSA) is 80.9 Å². The molecule has 0 aliphatic carbocycles. The number of aliphatic imine (C=N–C) groups is 1. The number of ether oxygens (including phenoxy) is 2. The minimum Gasteiger partial charge on any atom is -0.493 e. The van der Waals surface area contributed by atoms with Crippen LogP contribution in [0.5, 0.6) is 11.5 Å². The fourth-order valence-corrected chi connectivity index (χ4v) is 2.33. The van der Waals surface area contributed by atoms with Crippen molar-refractivity contribution < 1.29 is 13.9 Å². The summed E-state index contributed by atoms with van der Waals surface area (Å²) in [5.74, 6) is 3.57. The molecule has 2 rings (SSSR count). The van der Waals surface area contributed by atoms with E-state index in [1.807, 2.05) is 31.2 Å². The number of benzene rings is 1. The molecule has 7 nitrogen and oxygen atoms in total. The third-order valence-corrected chi connectivity index (χ3v) is 3.88. The van der Waals surface area contributed by atoms with Crippen molar-refractivity contribution in [3.8, 4) is 11.5 Å². The third kappa shape index (κ3) is 7.21. The van der Waals surface area contributed by atoms with Crippen molar-refractivity contribution in [3.63, 3.8) is 0 Å². The van der Waals surface area contributed by atoms with Gasteiger partial charge in [-0.2, -0.15) is 0 Å². The minimum absolute atomic E-state index is 0. The molecule has 0 saturated heterocycles. The number of guanidine groups is 1. The number of rotatable bonds is 7. The molecule has 0 spiro atoms. The Bertz CT molecular complexity index is 756. The van der Waals surface area contributed by atoms with Crippen molar-refractivity contribution in [1.29, 1.82) is 0 Å². The van der Waals surface area contributed by atoms with Gasteiger partial charge in [0.2, 0.25) is 5.89 Å². The quantitative estimate of drug-likeness (QED) is 0.341. The van der Waals surface area contributed by atoms with Crippen LogP contribution < -0.4 is 20.1 Å². The van der Waals surface area contributed by atoms with Crippen LogP contribution in [0.4, 0.5) is 0 Å². The maximum absolute atomic E-state index is 5.93. The molecular formula is C20H31IN4O3. The molecule has 1 heterocycles. The van der Waals surface area contributed by atoms with Crippen LogP contribution in [-0.4, -0.2) is 37.7 Å². The molecule has 1 aromatic carbocycles. The van der Waals surface area contributed by atoms with E-state index < -0.39 is 0 Å². The lowest BCUT2D eigenvalue weighted by Crippen LogP contribution is -2.41. The Morgan fingerprint density at radius 1 is 1.21 bits per heavy atom. The number of para-hydroxylation sites is 2. The molecule has 2 aromatic rings. The molecular weight excluding hydrogens is 471 g/mol. The van der Waals surface area contributed by atoms with Gasteiger partial charge >= 0.3 is 0 Å². The van der Waals surface area contributed by atoms with Crippen LogP contribution in [0.3, 0.4) is 0 Å². The fraction of sp³-hybridized carbons (Fsp3) is 0.500. The highest BCUT2D eigenvalue weighted by Crippen LogP contribution is 2.26. The van der Waals surface area contributed by atoms with Crippen LogP contribution in [-0.2, 0) is 12.0 Å². The first-order chi connectivity index (χ1) is 12.8. The summed E-state index contributed by atoms with van der Waals surface area (Å²) < 4.78 is 17.0. The summed E-state index contributed by atoms with van der Waals surface area (Å²) in [6.45, 7) is 9.29. The first-order valence-corrected chi connectivity index (χ1v) is 9.03. The zero-order chi connectivity index (χ0) is 19.9. The van der Waals surface area contributed by atoms with E-state index in [0.717, 1.165) is 5.76 Å². The first-order valence-electron chi connectivity index (χ1n) is 9.03. The van der Waals surface area contributed by atoms with E-state index in [9.17, 15) is 0 Å². The average Bonchev–Trinajstić information content (AvgIpc) is 3.12. The second-order valence-electron chi connectivity index (χ2n) is 7.25. The monoisotopic (exact) mass is 502 g/mol. The van der Waals surface area contributed by atoms with Gasteiger partial charge in [-0.3, -0.25) is 4.99 Å². The Balaban J connectivity index is 0.00000392. The van der Waals surface area contributed by atoms with Crippen molar-refractivity contribution in [1.82, 2.24) is 15.6 Å². The van der Waals surface area contributed by atoms with Crippen LogP contribution in [0, 0.1) is 0 Å². The van der Waals surface area contributed by atoms with Crippen LogP contribution in [0.1, 0.15) is 39.3 Å². The largest absolute Gasteiger partial charge is 0.493 e. The normalized spacial score (nSPS) is 12.7. The lowest BCUT2D eigenvalue weighted by Gasteiger charge is -2.18. The molecule has 0 saturated carbocycles. The van der Waals surface area contributed by atoms with Gasteiger partial charge < -0.3 is 24.5 Å². The molecule has 0 aliphatic rings. The van der Waals surface area contributed by atoms with Gasteiger partial charge in [-0.1, -0.05) is 32.9 Å². The third-order valence-electron chi connectivity index (χ3n) is 3.88. The van der Waals surface area contributed by atoms with E-state index in [4.69, 9.17) is 13.9 Å². The standard InChI is InChI=1S/C20H30N4O3.HI/c1-14(26-16-10-8-7-9-15(16)25-6)11-23-19(21-5)24-13-18-22-12-17(27-18)20(2,3)4;/h7-10,12,14H,11,13H2,1-6H3,(H2,21,23,24);1H. The zero-order valence-electron chi connectivity index (χ0n) is 17.4. The summed E-state index contributed by atoms with van der Waals surface area (Å²) in [5.41, 5.74) is -0.0591. The molecule has 1 atom stereocenters. The Labute approximate surface area is 184 Å². The first kappa shape index (κ1) is 24.1. The van der Waals surface area contributed by atoms with Crippen molar-refractivity contribution in [2.24, 2.45) is 4.99 Å². The maximum atomic E-state index is 5.93. The number of aromatic nitrogens is 1. The summed E-state index contributed by atoms with van der Waals surface area (Å²) in [6.07, 6.45) is 1.70.